The van der Waals surface area contributed by atoms with E-state index in [1.165, 1.54) is 43.1 Å². The predicted molar refractivity (Wildman–Crippen MR) is 102 cm³/mol. The van der Waals surface area contributed by atoms with Gasteiger partial charge in [-0.15, -0.1) is 0 Å². The van der Waals surface area contributed by atoms with Crippen LogP contribution in [0.2, 0.25) is 0 Å². The summed E-state index contributed by atoms with van der Waals surface area (Å²) in [5, 5.41) is 12.3. The van der Waals surface area contributed by atoms with Crippen LogP contribution in [0.3, 0.4) is 0 Å². The highest BCUT2D eigenvalue weighted by atomic mass is 19.1. The van der Waals surface area contributed by atoms with E-state index in [-0.39, 0.29) is 24.6 Å². The van der Waals surface area contributed by atoms with Gasteiger partial charge >= 0.3 is 6.09 Å². The molecule has 2 aromatic carbocycles. The van der Waals surface area contributed by atoms with E-state index in [0.29, 0.717) is 21.9 Å². The molecule has 0 aromatic heterocycles. The fourth-order valence-corrected chi connectivity index (χ4v) is 2.98. The van der Waals surface area contributed by atoms with E-state index in [1.54, 1.807) is 18.2 Å². The molecule has 1 saturated heterocycles. The van der Waals surface area contributed by atoms with Crippen LogP contribution in [-0.4, -0.2) is 54.4 Å². The van der Waals surface area contributed by atoms with E-state index < -0.39 is 23.9 Å². The zero-order valence-corrected chi connectivity index (χ0v) is 15.9. The Kier molecular flexibility index (Phi) is 5.79. The molecular formula is C20H20FN3O5. The first-order valence-electron chi connectivity index (χ1n) is 8.85. The van der Waals surface area contributed by atoms with Crippen LogP contribution in [0.4, 0.5) is 14.9 Å². The van der Waals surface area contributed by atoms with Crippen molar-refractivity contribution in [3.8, 4) is 11.1 Å². The van der Waals surface area contributed by atoms with Crippen molar-refractivity contribution in [1.82, 2.24) is 10.4 Å². The minimum Gasteiger partial charge on any atom is -0.442 e. The van der Waals surface area contributed by atoms with Gasteiger partial charge < -0.3 is 10.1 Å². The summed E-state index contributed by atoms with van der Waals surface area (Å²) < 4.78 is 19.9. The average molecular weight is 401 g/mol. The summed E-state index contributed by atoms with van der Waals surface area (Å²) in [6.45, 7) is 1.75. The van der Waals surface area contributed by atoms with Crippen LogP contribution in [-0.2, 0) is 9.53 Å². The first kappa shape index (κ1) is 20.3. The number of halogens is 1. The van der Waals surface area contributed by atoms with E-state index in [4.69, 9.17) is 4.74 Å². The highest BCUT2D eigenvalue weighted by Crippen LogP contribution is 2.29. The van der Waals surface area contributed by atoms with Gasteiger partial charge in [0, 0.05) is 25.1 Å². The SMILES string of the molecule is CC(=O)NCC1CN(c2ccc(-c3ccc(C(=O)N(C)O)cc3)c(F)c2)C(=O)O1. The molecule has 3 rings (SSSR count). The van der Waals surface area contributed by atoms with Gasteiger partial charge in [-0.3, -0.25) is 19.7 Å². The molecule has 0 spiro atoms. The Balaban J connectivity index is 1.76. The third-order valence-corrected chi connectivity index (χ3v) is 4.45. The highest BCUT2D eigenvalue weighted by molar-refractivity contribution is 5.94. The average Bonchev–Trinajstić information content (AvgIpc) is 3.06. The third kappa shape index (κ3) is 4.52. The maximum atomic E-state index is 14.7. The van der Waals surface area contributed by atoms with Crippen LogP contribution < -0.4 is 10.2 Å². The number of benzene rings is 2. The van der Waals surface area contributed by atoms with Gasteiger partial charge in [-0.2, -0.15) is 0 Å². The van der Waals surface area contributed by atoms with Crippen molar-refractivity contribution < 1.29 is 28.7 Å². The fourth-order valence-electron chi connectivity index (χ4n) is 2.98. The monoisotopic (exact) mass is 401 g/mol. The molecule has 8 nitrogen and oxygen atoms in total. The van der Waals surface area contributed by atoms with Crippen molar-refractivity contribution in [2.45, 2.75) is 13.0 Å². The van der Waals surface area contributed by atoms with Crippen LogP contribution in [0.15, 0.2) is 42.5 Å². The Hall–Kier alpha value is -3.46. The number of nitrogens with one attached hydrogen (secondary N) is 1. The van der Waals surface area contributed by atoms with Crippen molar-refractivity contribution >= 4 is 23.6 Å². The van der Waals surface area contributed by atoms with Crippen LogP contribution in [0, 0.1) is 5.82 Å². The molecule has 0 bridgehead atoms. The van der Waals surface area contributed by atoms with Crippen molar-refractivity contribution in [1.29, 1.82) is 0 Å². The summed E-state index contributed by atoms with van der Waals surface area (Å²) in [6, 6.07) is 10.5. The Bertz CT molecular complexity index is 946. The highest BCUT2D eigenvalue weighted by Gasteiger charge is 2.32. The zero-order chi connectivity index (χ0) is 21.1. The Morgan fingerprint density at radius 1 is 1.28 bits per heavy atom. The molecule has 2 aromatic rings. The van der Waals surface area contributed by atoms with E-state index >= 15 is 0 Å². The summed E-state index contributed by atoms with van der Waals surface area (Å²) in [7, 11) is 1.22. The standard InChI is InChI=1S/C20H20FN3O5/c1-12(25)22-10-16-11-24(20(27)29-16)15-7-8-17(18(21)9-15)13-3-5-14(6-4-13)19(26)23(2)28/h3-9,16,28H,10-11H2,1-2H3,(H,22,25). The number of hydrogen-bond acceptors (Lipinski definition) is 5. The van der Waals surface area contributed by atoms with Gasteiger partial charge in [0.2, 0.25) is 5.91 Å². The number of ether oxygens (including phenoxy) is 1. The summed E-state index contributed by atoms with van der Waals surface area (Å²) in [5.41, 5.74) is 1.45. The number of carbonyl (C=O) groups excluding carboxylic acids is 3. The maximum Gasteiger partial charge on any atom is 0.414 e. The first-order chi connectivity index (χ1) is 13.8. The van der Waals surface area contributed by atoms with Gasteiger partial charge in [-0.05, 0) is 35.9 Å². The number of carbonyl (C=O) groups is 3. The smallest absolute Gasteiger partial charge is 0.414 e. The van der Waals surface area contributed by atoms with Crippen LogP contribution in [0.25, 0.3) is 11.1 Å². The minimum atomic E-state index is -0.608. The molecule has 2 N–H and O–H groups in total. The molecule has 1 unspecified atom stereocenters. The van der Waals surface area contributed by atoms with Crippen molar-refractivity contribution in [3.63, 3.8) is 0 Å². The maximum absolute atomic E-state index is 14.7. The first-order valence-corrected chi connectivity index (χ1v) is 8.85. The van der Waals surface area contributed by atoms with Gasteiger partial charge in [0.25, 0.3) is 5.91 Å². The molecule has 1 atom stereocenters. The number of hydroxylamine groups is 2. The van der Waals surface area contributed by atoms with Gasteiger partial charge in [0.05, 0.1) is 18.8 Å². The molecule has 152 valence electrons. The lowest BCUT2D eigenvalue weighted by Crippen LogP contribution is -2.33. The molecule has 1 aliphatic rings. The van der Waals surface area contributed by atoms with E-state index in [1.807, 2.05) is 0 Å². The van der Waals surface area contributed by atoms with Crippen molar-refractivity contribution in [3.05, 3.63) is 53.8 Å². The number of hydrogen-bond donors (Lipinski definition) is 2. The summed E-state index contributed by atoms with van der Waals surface area (Å²) in [5.74, 6) is -1.35. The Morgan fingerprint density at radius 2 is 1.97 bits per heavy atom. The topological polar surface area (TPSA) is 99.2 Å². The number of rotatable bonds is 5. The summed E-state index contributed by atoms with van der Waals surface area (Å²) >= 11 is 0. The molecule has 29 heavy (non-hydrogen) atoms. The number of cyclic esters (lactones) is 1. The zero-order valence-electron chi connectivity index (χ0n) is 15.9. The number of anilines is 1. The lowest BCUT2D eigenvalue weighted by Gasteiger charge is -2.15. The lowest BCUT2D eigenvalue weighted by molar-refractivity contribution is -0.119. The quantitative estimate of drug-likeness (QED) is 0.592. The molecular weight excluding hydrogens is 381 g/mol. The van der Waals surface area contributed by atoms with E-state index in [9.17, 15) is 24.0 Å². The normalized spacial score (nSPS) is 15.8. The Labute approximate surface area is 166 Å². The van der Waals surface area contributed by atoms with Gasteiger partial charge in [-0.1, -0.05) is 12.1 Å². The lowest BCUT2D eigenvalue weighted by atomic mass is 10.0. The Morgan fingerprint density at radius 3 is 2.55 bits per heavy atom. The van der Waals surface area contributed by atoms with Crippen molar-refractivity contribution in [2.75, 3.05) is 25.0 Å². The van der Waals surface area contributed by atoms with E-state index in [2.05, 4.69) is 5.32 Å². The van der Waals surface area contributed by atoms with Crippen LogP contribution in [0.1, 0.15) is 17.3 Å². The van der Waals surface area contributed by atoms with Gasteiger partial charge in [0.15, 0.2) is 0 Å². The molecule has 1 fully saturated rings. The predicted octanol–water partition coefficient (Wildman–Crippen LogP) is 2.42. The molecule has 1 aliphatic heterocycles. The van der Waals surface area contributed by atoms with E-state index in [0.717, 1.165) is 0 Å². The molecule has 3 amide bonds. The molecule has 9 heteroatoms. The number of nitrogens with zero attached hydrogens (tertiary/aromatic N) is 2. The second kappa shape index (κ2) is 8.27. The molecule has 0 radical (unpaired) electrons. The largest absolute Gasteiger partial charge is 0.442 e. The molecule has 0 aliphatic carbocycles. The van der Waals surface area contributed by atoms with Crippen LogP contribution in [0.5, 0.6) is 0 Å². The van der Waals surface area contributed by atoms with Crippen molar-refractivity contribution in [2.24, 2.45) is 0 Å². The third-order valence-electron chi connectivity index (χ3n) is 4.45. The second-order valence-electron chi connectivity index (χ2n) is 6.62. The van der Waals surface area contributed by atoms with Gasteiger partial charge in [-0.25, -0.2) is 14.2 Å². The van der Waals surface area contributed by atoms with Crippen LogP contribution >= 0.6 is 0 Å². The molecule has 0 saturated carbocycles. The molecule has 1 heterocycles. The fraction of sp³-hybridized carbons (Fsp3) is 0.250. The second-order valence-corrected chi connectivity index (χ2v) is 6.62. The van der Waals surface area contributed by atoms with Gasteiger partial charge in [0.1, 0.15) is 11.9 Å². The number of amides is 3. The summed E-state index contributed by atoms with van der Waals surface area (Å²) in [4.78, 5) is 36.1. The summed E-state index contributed by atoms with van der Waals surface area (Å²) in [6.07, 6.45) is -1.12. The minimum absolute atomic E-state index is 0.187.